The Labute approximate surface area is 150 Å². The van der Waals surface area contributed by atoms with E-state index in [0.717, 1.165) is 50.5 Å². The van der Waals surface area contributed by atoms with Gasteiger partial charge in [0.2, 0.25) is 5.91 Å². The Morgan fingerprint density at radius 1 is 0.960 bits per heavy atom. The average molecular weight is 337 g/mol. The lowest BCUT2D eigenvalue weighted by atomic mass is 10.1. The van der Waals surface area contributed by atoms with Crippen molar-refractivity contribution in [2.24, 2.45) is 0 Å². The second-order valence-corrected chi connectivity index (χ2v) is 6.47. The fourth-order valence-corrected chi connectivity index (χ4v) is 3.28. The predicted molar refractivity (Wildman–Crippen MR) is 104 cm³/mol. The quantitative estimate of drug-likeness (QED) is 0.877. The van der Waals surface area contributed by atoms with Crippen LogP contribution in [-0.4, -0.2) is 43.5 Å². The van der Waals surface area contributed by atoms with E-state index in [1.54, 1.807) is 0 Å². The molecule has 0 aromatic heterocycles. The summed E-state index contributed by atoms with van der Waals surface area (Å²) in [6.45, 7) is 7.47. The number of amides is 1. The van der Waals surface area contributed by atoms with Gasteiger partial charge in [-0.1, -0.05) is 49.4 Å². The van der Waals surface area contributed by atoms with E-state index in [1.807, 2.05) is 36.4 Å². The molecule has 1 amide bonds. The molecule has 2 aromatic rings. The van der Waals surface area contributed by atoms with E-state index < -0.39 is 0 Å². The van der Waals surface area contributed by atoms with Crippen LogP contribution in [0.15, 0.2) is 54.6 Å². The minimum absolute atomic E-state index is 0.0727. The van der Waals surface area contributed by atoms with Crippen molar-refractivity contribution in [2.75, 3.05) is 42.9 Å². The highest BCUT2D eigenvalue weighted by molar-refractivity contribution is 5.94. The molecule has 4 heteroatoms. The van der Waals surface area contributed by atoms with E-state index in [9.17, 15) is 4.79 Å². The molecule has 132 valence electrons. The Bertz CT molecular complexity index is 679. The maximum Gasteiger partial charge on any atom is 0.224 e. The van der Waals surface area contributed by atoms with Crippen LogP contribution in [0.2, 0.25) is 0 Å². The van der Waals surface area contributed by atoms with Crippen LogP contribution < -0.4 is 10.2 Å². The van der Waals surface area contributed by atoms with Crippen molar-refractivity contribution in [3.8, 4) is 0 Å². The summed E-state index contributed by atoms with van der Waals surface area (Å²) in [5.41, 5.74) is 3.25. The number of nitrogens with one attached hydrogen (secondary N) is 1. The Morgan fingerprint density at radius 2 is 1.64 bits per heavy atom. The van der Waals surface area contributed by atoms with Gasteiger partial charge in [-0.05, 0) is 30.7 Å². The number of likely N-dealkylation sites (N-methyl/N-ethyl adjacent to an activating group) is 1. The lowest BCUT2D eigenvalue weighted by Crippen LogP contribution is -2.46. The largest absolute Gasteiger partial charge is 0.367 e. The topological polar surface area (TPSA) is 35.6 Å². The Morgan fingerprint density at radius 3 is 2.36 bits per heavy atom. The van der Waals surface area contributed by atoms with Gasteiger partial charge in [-0.2, -0.15) is 0 Å². The lowest BCUT2D eigenvalue weighted by Gasteiger charge is -2.36. The predicted octanol–water partition coefficient (Wildman–Crippen LogP) is 3.40. The highest BCUT2D eigenvalue weighted by Crippen LogP contribution is 2.26. The van der Waals surface area contributed by atoms with E-state index in [-0.39, 0.29) is 5.91 Å². The third-order valence-electron chi connectivity index (χ3n) is 4.82. The van der Waals surface area contributed by atoms with Gasteiger partial charge in [-0.3, -0.25) is 4.79 Å². The molecule has 0 unspecified atom stereocenters. The second-order valence-electron chi connectivity index (χ2n) is 6.47. The molecule has 1 heterocycles. The number of hydrogen-bond donors (Lipinski definition) is 1. The van der Waals surface area contributed by atoms with E-state index in [2.05, 4.69) is 40.2 Å². The highest BCUT2D eigenvalue weighted by Gasteiger charge is 2.18. The third kappa shape index (κ3) is 4.83. The van der Waals surface area contributed by atoms with Crippen LogP contribution in [0, 0.1) is 0 Å². The fourth-order valence-electron chi connectivity index (χ4n) is 3.28. The van der Waals surface area contributed by atoms with E-state index in [4.69, 9.17) is 0 Å². The number of aryl methyl sites for hydroxylation is 1. The zero-order valence-corrected chi connectivity index (χ0v) is 14.9. The van der Waals surface area contributed by atoms with Crippen molar-refractivity contribution in [1.82, 2.24) is 4.90 Å². The SMILES string of the molecule is CCN1CCN(c2ccccc2NC(=O)CCc2ccccc2)CC1. The molecular formula is C21H27N3O. The summed E-state index contributed by atoms with van der Waals surface area (Å²) < 4.78 is 0. The molecule has 0 spiro atoms. The van der Waals surface area contributed by atoms with Gasteiger partial charge in [0.15, 0.2) is 0 Å². The first-order valence-corrected chi connectivity index (χ1v) is 9.16. The molecular weight excluding hydrogens is 310 g/mol. The molecule has 0 bridgehead atoms. The van der Waals surface area contributed by atoms with Crippen molar-refractivity contribution >= 4 is 17.3 Å². The third-order valence-corrected chi connectivity index (χ3v) is 4.82. The minimum atomic E-state index is 0.0727. The molecule has 1 N–H and O–H groups in total. The molecule has 1 aliphatic rings. The zero-order chi connectivity index (χ0) is 17.5. The standard InChI is InChI=1S/C21H27N3O/c1-2-23-14-16-24(17-15-23)20-11-7-6-10-19(20)22-21(25)13-12-18-8-4-3-5-9-18/h3-11H,2,12-17H2,1H3,(H,22,25). The number of piperazine rings is 1. The van der Waals surface area contributed by atoms with Crippen molar-refractivity contribution in [3.05, 3.63) is 60.2 Å². The number of rotatable bonds is 6. The van der Waals surface area contributed by atoms with Crippen molar-refractivity contribution in [2.45, 2.75) is 19.8 Å². The number of benzene rings is 2. The smallest absolute Gasteiger partial charge is 0.224 e. The summed E-state index contributed by atoms with van der Waals surface area (Å²) in [6, 6.07) is 18.3. The maximum absolute atomic E-state index is 12.4. The van der Waals surface area contributed by atoms with Gasteiger partial charge in [-0.25, -0.2) is 0 Å². The Balaban J connectivity index is 1.60. The van der Waals surface area contributed by atoms with Crippen molar-refractivity contribution in [3.63, 3.8) is 0 Å². The summed E-state index contributed by atoms with van der Waals surface area (Å²) in [4.78, 5) is 17.2. The van der Waals surface area contributed by atoms with Crippen molar-refractivity contribution in [1.29, 1.82) is 0 Å². The van der Waals surface area contributed by atoms with E-state index >= 15 is 0 Å². The van der Waals surface area contributed by atoms with Crippen LogP contribution in [0.1, 0.15) is 18.9 Å². The molecule has 0 saturated carbocycles. The highest BCUT2D eigenvalue weighted by atomic mass is 16.1. The van der Waals surface area contributed by atoms with Gasteiger partial charge >= 0.3 is 0 Å². The van der Waals surface area contributed by atoms with Crippen LogP contribution in [0.4, 0.5) is 11.4 Å². The van der Waals surface area contributed by atoms with Crippen LogP contribution in [-0.2, 0) is 11.2 Å². The fraction of sp³-hybridized carbons (Fsp3) is 0.381. The van der Waals surface area contributed by atoms with E-state index in [0.29, 0.717) is 6.42 Å². The summed E-state index contributed by atoms with van der Waals surface area (Å²) in [5.74, 6) is 0.0727. The summed E-state index contributed by atoms with van der Waals surface area (Å²) in [6.07, 6.45) is 1.27. The molecule has 1 aliphatic heterocycles. The Hall–Kier alpha value is -2.33. The van der Waals surface area contributed by atoms with Crippen molar-refractivity contribution < 1.29 is 4.79 Å². The molecule has 2 aromatic carbocycles. The summed E-state index contributed by atoms with van der Waals surface area (Å²) in [5, 5.41) is 3.11. The molecule has 0 aliphatic carbocycles. The maximum atomic E-state index is 12.4. The number of hydrogen-bond acceptors (Lipinski definition) is 3. The average Bonchev–Trinajstić information content (AvgIpc) is 2.68. The van der Waals surface area contributed by atoms with E-state index in [1.165, 1.54) is 5.56 Å². The number of para-hydroxylation sites is 2. The first kappa shape index (κ1) is 17.5. The molecule has 0 atom stereocenters. The van der Waals surface area contributed by atoms with Gasteiger partial charge in [0.25, 0.3) is 0 Å². The second kappa shape index (κ2) is 8.67. The number of carbonyl (C=O) groups is 1. The normalized spacial score (nSPS) is 15.2. The van der Waals surface area contributed by atoms with Gasteiger partial charge in [-0.15, -0.1) is 0 Å². The zero-order valence-electron chi connectivity index (χ0n) is 14.9. The van der Waals surface area contributed by atoms with Gasteiger partial charge in [0, 0.05) is 32.6 Å². The van der Waals surface area contributed by atoms with Crippen LogP contribution in [0.5, 0.6) is 0 Å². The number of anilines is 2. The molecule has 1 saturated heterocycles. The van der Waals surface area contributed by atoms with Gasteiger partial charge in [0.05, 0.1) is 11.4 Å². The lowest BCUT2D eigenvalue weighted by molar-refractivity contribution is -0.116. The monoisotopic (exact) mass is 337 g/mol. The summed E-state index contributed by atoms with van der Waals surface area (Å²) in [7, 11) is 0. The first-order valence-electron chi connectivity index (χ1n) is 9.16. The molecule has 25 heavy (non-hydrogen) atoms. The minimum Gasteiger partial charge on any atom is -0.367 e. The number of carbonyl (C=O) groups excluding carboxylic acids is 1. The molecule has 0 radical (unpaired) electrons. The first-order chi connectivity index (χ1) is 12.3. The summed E-state index contributed by atoms with van der Waals surface area (Å²) >= 11 is 0. The Kier molecular flexibility index (Phi) is 6.07. The molecule has 1 fully saturated rings. The molecule has 4 nitrogen and oxygen atoms in total. The molecule has 3 rings (SSSR count). The number of nitrogens with zero attached hydrogens (tertiary/aromatic N) is 2. The van der Waals surface area contributed by atoms with Gasteiger partial charge in [0.1, 0.15) is 0 Å². The van der Waals surface area contributed by atoms with Crippen LogP contribution >= 0.6 is 0 Å². The van der Waals surface area contributed by atoms with Crippen LogP contribution in [0.25, 0.3) is 0 Å². The van der Waals surface area contributed by atoms with Crippen LogP contribution in [0.3, 0.4) is 0 Å². The van der Waals surface area contributed by atoms with Gasteiger partial charge < -0.3 is 15.1 Å².